The van der Waals surface area contributed by atoms with Gasteiger partial charge in [0.1, 0.15) is 0 Å². The Kier molecular flexibility index (Phi) is 2.69. The van der Waals surface area contributed by atoms with E-state index in [9.17, 15) is 0 Å². The number of piperidine rings is 2. The molecule has 1 unspecified atom stereocenters. The molecule has 2 nitrogen and oxygen atoms in total. The molecule has 1 N–H and O–H groups in total. The van der Waals surface area contributed by atoms with Gasteiger partial charge in [-0.1, -0.05) is 9.39 Å². The number of hydrogen-bond acceptors (Lipinski definition) is 2. The molecule has 0 aromatic carbocycles. The lowest BCUT2D eigenvalue weighted by molar-refractivity contribution is 0.114. The second-order valence-corrected chi connectivity index (χ2v) is 5.02. The highest BCUT2D eigenvalue weighted by Gasteiger charge is 2.34. The Bertz CT molecular complexity index is 145. The van der Waals surface area contributed by atoms with Crippen LogP contribution in [-0.2, 0) is 0 Å². The molecule has 0 radical (unpaired) electrons. The van der Waals surface area contributed by atoms with Crippen LogP contribution in [-0.4, -0.2) is 30.8 Å². The second-order valence-electron chi connectivity index (χ2n) is 4.29. The first kappa shape index (κ1) is 8.93. The van der Waals surface area contributed by atoms with Crippen LogP contribution >= 0.6 is 9.39 Å². The predicted molar refractivity (Wildman–Crippen MR) is 55.1 cm³/mol. The van der Waals surface area contributed by atoms with Gasteiger partial charge in [0.15, 0.2) is 0 Å². The van der Waals surface area contributed by atoms with Gasteiger partial charge in [0, 0.05) is 13.1 Å². The van der Waals surface area contributed by atoms with Gasteiger partial charge >= 0.3 is 0 Å². The molecule has 3 heteroatoms. The Morgan fingerprint density at radius 3 is 2.17 bits per heavy atom. The van der Waals surface area contributed by atoms with Crippen molar-refractivity contribution in [1.82, 2.24) is 9.99 Å². The van der Waals surface area contributed by atoms with Crippen LogP contribution in [0.2, 0.25) is 0 Å². The van der Waals surface area contributed by atoms with Crippen LogP contribution in [0.4, 0.5) is 0 Å². The summed E-state index contributed by atoms with van der Waals surface area (Å²) < 4.78 is 2.38. The summed E-state index contributed by atoms with van der Waals surface area (Å²) in [6, 6.07) is 0. The first-order valence-electron chi connectivity index (χ1n) is 5.01. The zero-order valence-corrected chi connectivity index (χ0v) is 8.84. The van der Waals surface area contributed by atoms with E-state index in [-0.39, 0.29) is 0 Å². The monoisotopic (exact) mass is 186 g/mol. The van der Waals surface area contributed by atoms with Crippen molar-refractivity contribution in [2.75, 3.05) is 26.2 Å². The van der Waals surface area contributed by atoms with Gasteiger partial charge in [0.25, 0.3) is 0 Å². The summed E-state index contributed by atoms with van der Waals surface area (Å²) in [4.78, 5) is 0. The van der Waals surface area contributed by atoms with Crippen LogP contribution in [0.25, 0.3) is 0 Å². The largest absolute Gasteiger partial charge is 0.317 e. The Balaban J connectivity index is 1.92. The van der Waals surface area contributed by atoms with Crippen LogP contribution < -0.4 is 5.32 Å². The van der Waals surface area contributed by atoms with Gasteiger partial charge in [-0.15, -0.1) is 0 Å². The summed E-state index contributed by atoms with van der Waals surface area (Å²) in [6.07, 6.45) is 5.65. The molecule has 1 spiro atoms. The molecule has 0 bridgehead atoms. The van der Waals surface area contributed by atoms with Gasteiger partial charge in [0.2, 0.25) is 0 Å². The summed E-state index contributed by atoms with van der Waals surface area (Å²) in [5.41, 5.74) is 0.721. The topological polar surface area (TPSA) is 15.3 Å². The van der Waals surface area contributed by atoms with Crippen molar-refractivity contribution in [2.45, 2.75) is 25.7 Å². The third-order valence-electron chi connectivity index (χ3n) is 3.52. The molecule has 2 aliphatic rings. The SMILES string of the molecule is PN1CCC2(CCNCC2)CC1. The fraction of sp³-hybridized carbons (Fsp3) is 1.00. The van der Waals surface area contributed by atoms with E-state index in [0.29, 0.717) is 0 Å². The van der Waals surface area contributed by atoms with Crippen molar-refractivity contribution < 1.29 is 0 Å². The number of rotatable bonds is 0. The fourth-order valence-corrected chi connectivity index (χ4v) is 2.71. The molecule has 2 saturated heterocycles. The van der Waals surface area contributed by atoms with Gasteiger partial charge < -0.3 is 5.32 Å². The van der Waals surface area contributed by atoms with E-state index >= 15 is 0 Å². The van der Waals surface area contributed by atoms with E-state index in [2.05, 4.69) is 19.4 Å². The third-order valence-corrected chi connectivity index (χ3v) is 4.04. The minimum atomic E-state index is 0.721. The maximum Gasteiger partial charge on any atom is 0.00215 e. The van der Waals surface area contributed by atoms with Gasteiger partial charge in [0.05, 0.1) is 0 Å². The second kappa shape index (κ2) is 3.61. The smallest absolute Gasteiger partial charge is 0.00215 e. The zero-order chi connectivity index (χ0) is 8.44. The van der Waals surface area contributed by atoms with E-state index in [4.69, 9.17) is 0 Å². The molecule has 12 heavy (non-hydrogen) atoms. The molecule has 0 amide bonds. The van der Waals surface area contributed by atoms with Crippen molar-refractivity contribution >= 4 is 9.39 Å². The van der Waals surface area contributed by atoms with Gasteiger partial charge in [-0.3, -0.25) is 4.67 Å². The minimum absolute atomic E-state index is 0.721. The van der Waals surface area contributed by atoms with Crippen molar-refractivity contribution in [3.05, 3.63) is 0 Å². The third kappa shape index (κ3) is 1.81. The molecular weight excluding hydrogens is 167 g/mol. The van der Waals surface area contributed by atoms with Gasteiger partial charge in [-0.25, -0.2) is 0 Å². The first-order valence-corrected chi connectivity index (χ1v) is 5.53. The number of nitrogens with zero attached hydrogens (tertiary/aromatic N) is 1. The van der Waals surface area contributed by atoms with Crippen molar-refractivity contribution in [3.63, 3.8) is 0 Å². The van der Waals surface area contributed by atoms with Crippen LogP contribution in [0.5, 0.6) is 0 Å². The van der Waals surface area contributed by atoms with Gasteiger partial charge in [-0.2, -0.15) is 0 Å². The summed E-state index contributed by atoms with van der Waals surface area (Å²) >= 11 is 0. The molecule has 2 fully saturated rings. The van der Waals surface area contributed by atoms with Crippen LogP contribution in [0.3, 0.4) is 0 Å². The Labute approximate surface area is 77.3 Å². The minimum Gasteiger partial charge on any atom is -0.317 e. The van der Waals surface area contributed by atoms with E-state index in [1.54, 1.807) is 0 Å². The van der Waals surface area contributed by atoms with Crippen molar-refractivity contribution in [1.29, 1.82) is 0 Å². The van der Waals surface area contributed by atoms with Crippen LogP contribution in [0.1, 0.15) is 25.7 Å². The lowest BCUT2D eigenvalue weighted by atomic mass is 9.72. The average molecular weight is 186 g/mol. The van der Waals surface area contributed by atoms with Gasteiger partial charge in [-0.05, 0) is 44.2 Å². The van der Waals surface area contributed by atoms with E-state index < -0.39 is 0 Å². The standard InChI is InChI=1S/C9H19N2P/c12-11-7-3-9(4-8-11)1-5-10-6-2-9/h10H,1-8,12H2. The van der Waals surface area contributed by atoms with Crippen LogP contribution in [0, 0.1) is 5.41 Å². The molecule has 0 saturated carbocycles. The Hall–Kier alpha value is 0.350. The Morgan fingerprint density at radius 2 is 1.58 bits per heavy atom. The molecule has 2 rings (SSSR count). The van der Waals surface area contributed by atoms with E-state index in [1.807, 2.05) is 0 Å². The quantitative estimate of drug-likeness (QED) is 0.573. The highest BCUT2D eigenvalue weighted by atomic mass is 31.0. The molecule has 2 heterocycles. The van der Waals surface area contributed by atoms with Crippen LogP contribution in [0.15, 0.2) is 0 Å². The molecule has 0 aliphatic carbocycles. The first-order chi connectivity index (χ1) is 5.81. The summed E-state index contributed by atoms with van der Waals surface area (Å²) in [5, 5.41) is 3.45. The predicted octanol–water partition coefficient (Wildman–Crippen LogP) is 1.24. The molecule has 2 aliphatic heterocycles. The normalized spacial score (nSPS) is 30.8. The summed E-state index contributed by atoms with van der Waals surface area (Å²) in [6.45, 7) is 5.06. The highest BCUT2D eigenvalue weighted by molar-refractivity contribution is 7.13. The van der Waals surface area contributed by atoms with E-state index in [0.717, 1.165) is 5.41 Å². The highest BCUT2D eigenvalue weighted by Crippen LogP contribution is 2.39. The summed E-state index contributed by atoms with van der Waals surface area (Å²) in [7, 11) is 2.83. The molecule has 0 aromatic heterocycles. The maximum atomic E-state index is 3.45. The Morgan fingerprint density at radius 1 is 1.00 bits per heavy atom. The maximum absolute atomic E-state index is 3.45. The van der Waals surface area contributed by atoms with Crippen molar-refractivity contribution in [2.24, 2.45) is 5.41 Å². The molecule has 0 aromatic rings. The lowest BCUT2D eigenvalue weighted by Gasteiger charge is -2.43. The lowest BCUT2D eigenvalue weighted by Crippen LogP contribution is -2.43. The molecular formula is C9H19N2P. The number of hydrogen-bond donors (Lipinski definition) is 1. The number of nitrogens with one attached hydrogen (secondary N) is 1. The average Bonchev–Trinajstić information content (AvgIpc) is 2.13. The summed E-state index contributed by atoms with van der Waals surface area (Å²) in [5.74, 6) is 0. The zero-order valence-electron chi connectivity index (χ0n) is 7.68. The van der Waals surface area contributed by atoms with Crippen molar-refractivity contribution in [3.8, 4) is 0 Å². The fourth-order valence-electron chi connectivity index (χ4n) is 2.46. The molecule has 70 valence electrons. The van der Waals surface area contributed by atoms with E-state index in [1.165, 1.54) is 51.9 Å². The molecule has 1 atom stereocenters.